The number of aldehydes is 1. The lowest BCUT2D eigenvalue weighted by Crippen LogP contribution is -2.21. The molecule has 9 heteroatoms. The molecule has 0 amide bonds. The van der Waals surface area contributed by atoms with Crippen LogP contribution in [0.25, 0.3) is 17.5 Å². The van der Waals surface area contributed by atoms with E-state index in [0.29, 0.717) is 37.1 Å². The maximum atomic E-state index is 14.3. The van der Waals surface area contributed by atoms with Gasteiger partial charge in [-0.2, -0.15) is 13.2 Å². The number of carbonyl (C=O) groups is 1. The Bertz CT molecular complexity index is 866. The predicted octanol–water partition coefficient (Wildman–Crippen LogP) is 5.15. The number of nitrogens with zero attached hydrogens (tertiary/aromatic N) is 3. The number of benzene rings is 1. The van der Waals surface area contributed by atoms with Crippen molar-refractivity contribution in [2.45, 2.75) is 32.1 Å². The number of halogens is 5. The fourth-order valence-corrected chi connectivity index (χ4v) is 2.62. The molecule has 4 nitrogen and oxygen atoms in total. The second-order valence-electron chi connectivity index (χ2n) is 6.51. The maximum absolute atomic E-state index is 14.3. The van der Waals surface area contributed by atoms with Gasteiger partial charge in [-0.1, -0.05) is 13.3 Å². The molecule has 0 spiro atoms. The lowest BCUT2D eigenvalue weighted by molar-refractivity contribution is -0.138. The van der Waals surface area contributed by atoms with Crippen molar-refractivity contribution in [3.05, 3.63) is 53.2 Å². The summed E-state index contributed by atoms with van der Waals surface area (Å²) in [6.07, 6.45) is 0.130. The van der Waals surface area contributed by atoms with Gasteiger partial charge < -0.3 is 4.90 Å². The van der Waals surface area contributed by atoms with Crippen molar-refractivity contribution in [3.8, 4) is 11.4 Å². The largest absolute Gasteiger partial charge is 0.419 e. The van der Waals surface area contributed by atoms with Crippen LogP contribution in [-0.4, -0.2) is 40.9 Å². The van der Waals surface area contributed by atoms with Crippen molar-refractivity contribution in [2.75, 3.05) is 13.6 Å². The fraction of sp³-hybridized carbons (Fsp3) is 0.350. The molecule has 0 bridgehead atoms. The molecular weight excluding hydrogens is 393 g/mol. The van der Waals surface area contributed by atoms with Crippen LogP contribution in [0.3, 0.4) is 0 Å². The summed E-state index contributed by atoms with van der Waals surface area (Å²) in [4.78, 5) is 20.0. The molecule has 1 atom stereocenters. The Morgan fingerprint density at radius 2 is 1.83 bits per heavy atom. The summed E-state index contributed by atoms with van der Waals surface area (Å²) < 4.78 is 66.0. The first kappa shape index (κ1) is 22.4. The van der Waals surface area contributed by atoms with Gasteiger partial charge in [-0.05, 0) is 36.4 Å². The van der Waals surface area contributed by atoms with Crippen LogP contribution >= 0.6 is 0 Å². The van der Waals surface area contributed by atoms with Gasteiger partial charge in [-0.25, -0.2) is 18.7 Å². The molecule has 0 N–H and O–H groups in total. The highest BCUT2D eigenvalue weighted by Gasteiger charge is 2.31. The van der Waals surface area contributed by atoms with Gasteiger partial charge in [-0.15, -0.1) is 0 Å². The molecule has 0 saturated carbocycles. The minimum Gasteiger partial charge on any atom is -0.377 e. The Morgan fingerprint density at radius 3 is 2.38 bits per heavy atom. The van der Waals surface area contributed by atoms with E-state index in [9.17, 15) is 26.7 Å². The van der Waals surface area contributed by atoms with E-state index in [1.165, 1.54) is 12.1 Å². The van der Waals surface area contributed by atoms with Crippen LogP contribution in [-0.2, 0) is 6.18 Å². The average Bonchev–Trinajstić information content (AvgIpc) is 2.66. The van der Waals surface area contributed by atoms with E-state index >= 15 is 0 Å². The summed E-state index contributed by atoms with van der Waals surface area (Å²) in [5.41, 5.74) is -0.868. The van der Waals surface area contributed by atoms with Crippen LogP contribution in [0.4, 0.5) is 22.0 Å². The summed E-state index contributed by atoms with van der Waals surface area (Å²) in [6.45, 7) is 2.03. The highest BCUT2D eigenvalue weighted by Crippen LogP contribution is 2.29. The van der Waals surface area contributed by atoms with Crippen molar-refractivity contribution in [1.82, 2.24) is 14.9 Å². The molecular formula is C20H20F5N3O. The van der Waals surface area contributed by atoms with Crippen molar-refractivity contribution in [1.29, 1.82) is 0 Å². The molecule has 1 unspecified atom stereocenters. The third-order valence-corrected chi connectivity index (χ3v) is 4.12. The van der Waals surface area contributed by atoms with E-state index in [0.717, 1.165) is 6.07 Å². The van der Waals surface area contributed by atoms with Crippen molar-refractivity contribution in [3.63, 3.8) is 0 Å². The quantitative estimate of drug-likeness (QED) is 0.443. The number of hydrogen-bond acceptors (Lipinski definition) is 4. The zero-order valence-corrected chi connectivity index (χ0v) is 15.9. The lowest BCUT2D eigenvalue weighted by Gasteiger charge is -2.17. The third kappa shape index (κ3) is 6.07. The van der Waals surface area contributed by atoms with Gasteiger partial charge in [0, 0.05) is 31.5 Å². The van der Waals surface area contributed by atoms with E-state index in [2.05, 4.69) is 9.97 Å². The Balaban J connectivity index is 2.32. The van der Waals surface area contributed by atoms with Crippen LogP contribution < -0.4 is 0 Å². The summed E-state index contributed by atoms with van der Waals surface area (Å²) in [7, 11) is 1.66. The first-order valence-corrected chi connectivity index (χ1v) is 8.86. The minimum atomic E-state index is -4.61. The molecule has 29 heavy (non-hydrogen) atoms. The Morgan fingerprint density at radius 1 is 1.17 bits per heavy atom. The maximum Gasteiger partial charge on any atom is 0.419 e. The van der Waals surface area contributed by atoms with Crippen LogP contribution in [0.5, 0.6) is 0 Å². The van der Waals surface area contributed by atoms with Crippen molar-refractivity contribution in [2.24, 2.45) is 0 Å². The molecule has 156 valence electrons. The fourth-order valence-electron chi connectivity index (χ4n) is 2.62. The Kier molecular flexibility index (Phi) is 7.41. The SMILES string of the molecule is CCCC(F)CN(C)/C=C\c1cc(-c2ncc(C(F)(F)F)cn2)c(F)cc1C=O. The van der Waals surface area contributed by atoms with E-state index in [1.54, 1.807) is 18.1 Å². The summed E-state index contributed by atoms with van der Waals surface area (Å²) in [5.74, 6) is -1.09. The smallest absolute Gasteiger partial charge is 0.377 e. The van der Waals surface area contributed by atoms with Crippen LogP contribution in [0.1, 0.15) is 41.3 Å². The monoisotopic (exact) mass is 413 g/mol. The number of rotatable bonds is 8. The predicted molar refractivity (Wildman–Crippen MR) is 99.3 cm³/mol. The van der Waals surface area contributed by atoms with Gasteiger partial charge in [0.1, 0.15) is 12.0 Å². The van der Waals surface area contributed by atoms with E-state index in [1.807, 2.05) is 6.92 Å². The topological polar surface area (TPSA) is 46.1 Å². The molecule has 0 aliphatic heterocycles. The van der Waals surface area contributed by atoms with Gasteiger partial charge in [0.25, 0.3) is 0 Å². The minimum absolute atomic E-state index is 0.0353. The summed E-state index contributed by atoms with van der Waals surface area (Å²) in [5, 5.41) is 0. The highest BCUT2D eigenvalue weighted by atomic mass is 19.4. The van der Waals surface area contributed by atoms with E-state index in [-0.39, 0.29) is 23.5 Å². The van der Waals surface area contributed by atoms with Gasteiger partial charge in [0.15, 0.2) is 12.1 Å². The van der Waals surface area contributed by atoms with Crippen LogP contribution in [0.15, 0.2) is 30.7 Å². The van der Waals surface area contributed by atoms with Gasteiger partial charge in [0.2, 0.25) is 0 Å². The second-order valence-corrected chi connectivity index (χ2v) is 6.51. The van der Waals surface area contributed by atoms with Crippen LogP contribution in [0.2, 0.25) is 0 Å². The number of aromatic nitrogens is 2. The van der Waals surface area contributed by atoms with Gasteiger partial charge in [-0.3, -0.25) is 4.79 Å². The zero-order chi connectivity index (χ0) is 21.6. The third-order valence-electron chi connectivity index (χ3n) is 4.12. The molecule has 1 heterocycles. The average molecular weight is 413 g/mol. The highest BCUT2D eigenvalue weighted by molar-refractivity contribution is 5.84. The Labute approximate surface area is 165 Å². The molecule has 0 saturated heterocycles. The molecule has 2 aromatic rings. The van der Waals surface area contributed by atoms with E-state index in [4.69, 9.17) is 0 Å². The molecule has 0 aliphatic carbocycles. The number of alkyl halides is 4. The zero-order valence-electron chi connectivity index (χ0n) is 15.9. The molecule has 1 aromatic carbocycles. The van der Waals surface area contributed by atoms with Crippen molar-refractivity contribution < 1.29 is 26.7 Å². The summed E-state index contributed by atoms with van der Waals surface area (Å²) in [6, 6.07) is 2.23. The number of carbonyl (C=O) groups excluding carboxylic acids is 1. The molecule has 1 aromatic heterocycles. The number of hydrogen-bond donors (Lipinski definition) is 0. The molecule has 2 rings (SSSR count). The summed E-state index contributed by atoms with van der Waals surface area (Å²) >= 11 is 0. The van der Waals surface area contributed by atoms with Crippen molar-refractivity contribution >= 4 is 12.4 Å². The van der Waals surface area contributed by atoms with E-state index < -0.39 is 23.7 Å². The molecule has 0 aliphatic rings. The molecule has 0 fully saturated rings. The van der Waals surface area contributed by atoms with Gasteiger partial charge in [0.05, 0.1) is 11.1 Å². The Hall–Kier alpha value is -2.84. The second kappa shape index (κ2) is 9.58. The standard InChI is InChI=1S/C20H20F5N3O/c1-3-4-16(21)11-28(2)6-5-13-7-17(18(22)8-14(13)12-29)19-26-9-15(10-27-19)20(23,24)25/h5-10,12,16H,3-4,11H2,1-2H3/b6-5-. The van der Waals surface area contributed by atoms with Gasteiger partial charge >= 0.3 is 6.18 Å². The molecule has 0 radical (unpaired) electrons. The first-order chi connectivity index (χ1) is 13.7. The first-order valence-electron chi connectivity index (χ1n) is 8.86. The normalized spacial score (nSPS) is 12.9. The lowest BCUT2D eigenvalue weighted by atomic mass is 10.0. The van der Waals surface area contributed by atoms with Crippen LogP contribution in [0, 0.1) is 5.82 Å².